The molecule has 18 heavy (non-hydrogen) atoms. The van der Waals surface area contributed by atoms with Crippen LogP contribution in [0.4, 0.5) is 0 Å². The van der Waals surface area contributed by atoms with Crippen LogP contribution in [0.25, 0.3) is 0 Å². The fourth-order valence-electron chi connectivity index (χ4n) is 1.58. The number of amides is 1. The summed E-state index contributed by atoms with van der Waals surface area (Å²) in [4.78, 5) is 11.9. The van der Waals surface area contributed by atoms with E-state index in [1.54, 1.807) is 30.5 Å². The zero-order valence-corrected chi connectivity index (χ0v) is 10.2. The number of hydrogen-bond donors (Lipinski definition) is 1. The number of carbonyl (C=O) groups excluding carboxylic acids is 1. The largest absolute Gasteiger partial charge is 0.494 e. The Morgan fingerprint density at radius 1 is 1.33 bits per heavy atom. The topological polar surface area (TPSA) is 51.5 Å². The molecule has 0 spiro atoms. The SMILES string of the molecule is CCOc1cccc(C(=O)NCc2ccco2)c1. The van der Waals surface area contributed by atoms with Crippen LogP contribution in [0.3, 0.4) is 0 Å². The minimum absolute atomic E-state index is 0.145. The van der Waals surface area contributed by atoms with E-state index in [9.17, 15) is 4.79 Å². The monoisotopic (exact) mass is 245 g/mol. The molecule has 1 amide bonds. The van der Waals surface area contributed by atoms with Gasteiger partial charge in [0.05, 0.1) is 19.4 Å². The van der Waals surface area contributed by atoms with Crippen molar-refractivity contribution in [2.24, 2.45) is 0 Å². The second-order valence-electron chi connectivity index (χ2n) is 3.72. The zero-order chi connectivity index (χ0) is 12.8. The minimum Gasteiger partial charge on any atom is -0.494 e. The Morgan fingerprint density at radius 2 is 2.22 bits per heavy atom. The summed E-state index contributed by atoms with van der Waals surface area (Å²) in [6, 6.07) is 10.7. The molecule has 0 unspecified atom stereocenters. The van der Waals surface area contributed by atoms with E-state index in [-0.39, 0.29) is 5.91 Å². The van der Waals surface area contributed by atoms with Crippen molar-refractivity contribution in [1.82, 2.24) is 5.32 Å². The second-order valence-corrected chi connectivity index (χ2v) is 3.72. The first-order chi connectivity index (χ1) is 8.79. The van der Waals surface area contributed by atoms with E-state index < -0.39 is 0 Å². The van der Waals surface area contributed by atoms with Crippen molar-refractivity contribution in [2.75, 3.05) is 6.61 Å². The van der Waals surface area contributed by atoms with Crippen LogP contribution in [0.1, 0.15) is 23.0 Å². The van der Waals surface area contributed by atoms with Gasteiger partial charge in [-0.15, -0.1) is 0 Å². The summed E-state index contributed by atoms with van der Waals surface area (Å²) >= 11 is 0. The standard InChI is InChI=1S/C14H15NO3/c1-2-17-12-6-3-5-11(9-12)14(16)15-10-13-7-4-8-18-13/h3-9H,2,10H2,1H3,(H,15,16). The van der Waals surface area contributed by atoms with E-state index >= 15 is 0 Å². The number of benzene rings is 1. The number of ether oxygens (including phenoxy) is 1. The van der Waals surface area contributed by atoms with E-state index in [1.807, 2.05) is 19.1 Å². The third kappa shape index (κ3) is 3.13. The van der Waals surface area contributed by atoms with Gasteiger partial charge in [0.25, 0.3) is 5.91 Å². The predicted octanol–water partition coefficient (Wildman–Crippen LogP) is 2.61. The Hall–Kier alpha value is -2.23. The van der Waals surface area contributed by atoms with Crippen LogP contribution in [0.2, 0.25) is 0 Å². The summed E-state index contributed by atoms with van der Waals surface area (Å²) in [5.41, 5.74) is 0.576. The van der Waals surface area contributed by atoms with E-state index in [2.05, 4.69) is 5.32 Å². The van der Waals surface area contributed by atoms with Gasteiger partial charge in [-0.05, 0) is 37.3 Å². The van der Waals surface area contributed by atoms with Gasteiger partial charge in [0.15, 0.2) is 0 Å². The van der Waals surface area contributed by atoms with Crippen LogP contribution in [-0.4, -0.2) is 12.5 Å². The van der Waals surface area contributed by atoms with Gasteiger partial charge in [0.2, 0.25) is 0 Å². The third-order valence-corrected chi connectivity index (χ3v) is 2.41. The van der Waals surface area contributed by atoms with Gasteiger partial charge in [-0.25, -0.2) is 0 Å². The van der Waals surface area contributed by atoms with Gasteiger partial charge in [0, 0.05) is 5.56 Å². The number of nitrogens with one attached hydrogen (secondary N) is 1. The average Bonchev–Trinajstić information content (AvgIpc) is 2.90. The quantitative estimate of drug-likeness (QED) is 0.880. The van der Waals surface area contributed by atoms with Gasteiger partial charge in [-0.3, -0.25) is 4.79 Å². The fourth-order valence-corrected chi connectivity index (χ4v) is 1.58. The van der Waals surface area contributed by atoms with Crippen molar-refractivity contribution < 1.29 is 13.9 Å². The highest BCUT2D eigenvalue weighted by molar-refractivity contribution is 5.94. The maximum absolute atomic E-state index is 11.9. The molecule has 2 rings (SSSR count). The Balaban J connectivity index is 1.97. The number of carbonyl (C=O) groups is 1. The molecule has 0 bridgehead atoms. The normalized spacial score (nSPS) is 10.1. The first-order valence-corrected chi connectivity index (χ1v) is 5.83. The fraction of sp³-hybridized carbons (Fsp3) is 0.214. The molecule has 1 aromatic carbocycles. The summed E-state index contributed by atoms with van der Waals surface area (Å²) < 4.78 is 10.5. The highest BCUT2D eigenvalue weighted by Gasteiger charge is 2.07. The number of hydrogen-bond acceptors (Lipinski definition) is 3. The molecule has 2 aromatic rings. The summed E-state index contributed by atoms with van der Waals surface area (Å²) in [5, 5.41) is 2.78. The first-order valence-electron chi connectivity index (χ1n) is 5.83. The van der Waals surface area contributed by atoms with Crippen molar-refractivity contribution >= 4 is 5.91 Å². The van der Waals surface area contributed by atoms with Crippen LogP contribution < -0.4 is 10.1 Å². The molecule has 1 aromatic heterocycles. The Kier molecular flexibility index (Phi) is 4.02. The van der Waals surface area contributed by atoms with Gasteiger partial charge < -0.3 is 14.5 Å². The van der Waals surface area contributed by atoms with Crippen molar-refractivity contribution in [2.45, 2.75) is 13.5 Å². The average molecular weight is 245 g/mol. The molecule has 0 aliphatic heterocycles. The first kappa shape index (κ1) is 12.2. The van der Waals surface area contributed by atoms with Gasteiger partial charge in [-0.1, -0.05) is 6.07 Å². The minimum atomic E-state index is -0.145. The number of rotatable bonds is 5. The highest BCUT2D eigenvalue weighted by Crippen LogP contribution is 2.13. The van der Waals surface area contributed by atoms with Crippen LogP contribution in [0, 0.1) is 0 Å². The summed E-state index contributed by atoms with van der Waals surface area (Å²) in [6.07, 6.45) is 1.58. The zero-order valence-electron chi connectivity index (χ0n) is 10.2. The van der Waals surface area contributed by atoms with Crippen molar-refractivity contribution in [3.63, 3.8) is 0 Å². The molecule has 1 N–H and O–H groups in total. The van der Waals surface area contributed by atoms with Crippen molar-refractivity contribution in [1.29, 1.82) is 0 Å². The van der Waals surface area contributed by atoms with Crippen LogP contribution in [0.5, 0.6) is 5.75 Å². The smallest absolute Gasteiger partial charge is 0.251 e. The summed E-state index contributed by atoms with van der Waals surface area (Å²) in [5.74, 6) is 1.28. The molecule has 0 saturated carbocycles. The molecular weight excluding hydrogens is 230 g/mol. The lowest BCUT2D eigenvalue weighted by Crippen LogP contribution is -2.22. The maximum atomic E-state index is 11.9. The molecular formula is C14H15NO3. The molecule has 0 aliphatic carbocycles. The molecule has 0 atom stereocenters. The molecule has 0 fully saturated rings. The van der Waals surface area contributed by atoms with Crippen LogP contribution >= 0.6 is 0 Å². The van der Waals surface area contributed by atoms with Crippen molar-refractivity contribution in [3.8, 4) is 5.75 Å². The van der Waals surface area contributed by atoms with Gasteiger partial charge >= 0.3 is 0 Å². The van der Waals surface area contributed by atoms with Crippen LogP contribution in [0.15, 0.2) is 47.1 Å². The molecule has 0 saturated heterocycles. The van der Waals surface area contributed by atoms with E-state index in [0.29, 0.717) is 24.5 Å². The van der Waals surface area contributed by atoms with Gasteiger partial charge in [-0.2, -0.15) is 0 Å². The molecule has 4 heteroatoms. The summed E-state index contributed by atoms with van der Waals surface area (Å²) in [6.45, 7) is 2.87. The van der Waals surface area contributed by atoms with Gasteiger partial charge in [0.1, 0.15) is 11.5 Å². The van der Waals surface area contributed by atoms with E-state index in [0.717, 1.165) is 5.76 Å². The number of furan rings is 1. The van der Waals surface area contributed by atoms with E-state index in [1.165, 1.54) is 0 Å². The lowest BCUT2D eigenvalue weighted by molar-refractivity contribution is 0.0947. The summed E-state index contributed by atoms with van der Waals surface area (Å²) in [7, 11) is 0. The molecule has 1 heterocycles. The Labute approximate surface area is 106 Å². The molecule has 4 nitrogen and oxygen atoms in total. The molecule has 94 valence electrons. The maximum Gasteiger partial charge on any atom is 0.251 e. The third-order valence-electron chi connectivity index (χ3n) is 2.41. The lowest BCUT2D eigenvalue weighted by atomic mass is 10.2. The lowest BCUT2D eigenvalue weighted by Gasteiger charge is -2.06. The van der Waals surface area contributed by atoms with E-state index in [4.69, 9.17) is 9.15 Å². The Morgan fingerprint density at radius 3 is 2.94 bits per heavy atom. The molecule has 0 radical (unpaired) electrons. The van der Waals surface area contributed by atoms with Crippen molar-refractivity contribution in [3.05, 3.63) is 54.0 Å². The Bertz CT molecular complexity index is 506. The van der Waals surface area contributed by atoms with Crippen LogP contribution in [-0.2, 0) is 6.54 Å². The highest BCUT2D eigenvalue weighted by atomic mass is 16.5. The second kappa shape index (κ2) is 5.91. The molecule has 0 aliphatic rings. The predicted molar refractivity (Wildman–Crippen MR) is 67.5 cm³/mol.